The molecule has 0 aliphatic carbocycles. The van der Waals surface area contributed by atoms with E-state index in [4.69, 9.17) is 9.15 Å². The molecule has 5 heteroatoms. The van der Waals surface area contributed by atoms with Crippen molar-refractivity contribution in [3.8, 4) is 5.75 Å². The van der Waals surface area contributed by atoms with E-state index < -0.39 is 0 Å². The Morgan fingerprint density at radius 1 is 1.31 bits per heavy atom. The zero-order chi connectivity index (χ0) is 11.4. The van der Waals surface area contributed by atoms with Crippen LogP contribution in [0, 0.1) is 6.92 Å². The van der Waals surface area contributed by atoms with Crippen LogP contribution in [-0.2, 0) is 0 Å². The van der Waals surface area contributed by atoms with E-state index >= 15 is 0 Å². The molecule has 0 N–H and O–H groups in total. The summed E-state index contributed by atoms with van der Waals surface area (Å²) in [6.45, 7) is 1.52. The smallest absolute Gasteiger partial charge is 0.287 e. The third-order valence-electron chi connectivity index (χ3n) is 1.88. The molecule has 1 aromatic carbocycles. The molecular weight excluding hydrogens is 208 g/mol. The summed E-state index contributed by atoms with van der Waals surface area (Å²) in [6, 6.07) is 9.07. The molecule has 5 nitrogen and oxygen atoms in total. The molecule has 2 rings (SSSR count). The summed E-state index contributed by atoms with van der Waals surface area (Å²) in [7, 11) is 0. The van der Waals surface area contributed by atoms with Crippen molar-refractivity contribution >= 4 is 5.78 Å². The van der Waals surface area contributed by atoms with E-state index in [1.165, 1.54) is 0 Å². The molecule has 0 unspecified atom stereocenters. The standard InChI is InChI=1S/C11H10N2O3/c1-8-12-13-11(16-8)10(14)7-15-9-5-3-2-4-6-9/h2-6H,7H2,1H3. The zero-order valence-corrected chi connectivity index (χ0v) is 8.71. The number of ketones is 1. The van der Waals surface area contributed by atoms with Gasteiger partial charge in [0.15, 0.2) is 6.61 Å². The minimum absolute atomic E-state index is 0.0200. The monoisotopic (exact) mass is 218 g/mol. The molecule has 0 saturated heterocycles. The SMILES string of the molecule is Cc1nnc(C(=O)COc2ccccc2)o1. The van der Waals surface area contributed by atoms with Crippen LogP contribution in [0.3, 0.4) is 0 Å². The van der Waals surface area contributed by atoms with E-state index in [0.717, 1.165) is 0 Å². The highest BCUT2D eigenvalue weighted by Gasteiger charge is 2.13. The predicted octanol–water partition coefficient (Wildman–Crippen LogP) is 1.64. The van der Waals surface area contributed by atoms with Crippen molar-refractivity contribution in [3.05, 3.63) is 42.1 Å². The minimum Gasteiger partial charge on any atom is -0.485 e. The highest BCUT2D eigenvalue weighted by Crippen LogP contribution is 2.09. The zero-order valence-electron chi connectivity index (χ0n) is 8.71. The molecule has 82 valence electrons. The van der Waals surface area contributed by atoms with Gasteiger partial charge in [-0.2, -0.15) is 0 Å². The van der Waals surface area contributed by atoms with Crippen molar-refractivity contribution in [2.75, 3.05) is 6.61 Å². The second kappa shape index (κ2) is 4.57. The van der Waals surface area contributed by atoms with Crippen LogP contribution in [0.15, 0.2) is 34.7 Å². The van der Waals surface area contributed by atoms with Crippen LogP contribution in [0.4, 0.5) is 0 Å². The van der Waals surface area contributed by atoms with Gasteiger partial charge >= 0.3 is 0 Å². The van der Waals surface area contributed by atoms with Gasteiger partial charge in [-0.25, -0.2) is 0 Å². The lowest BCUT2D eigenvalue weighted by Crippen LogP contribution is -2.11. The quantitative estimate of drug-likeness (QED) is 0.730. The molecule has 0 atom stereocenters. The van der Waals surface area contributed by atoms with Gasteiger partial charge in [-0.05, 0) is 12.1 Å². The number of aromatic nitrogens is 2. The third kappa shape index (κ3) is 2.44. The van der Waals surface area contributed by atoms with Crippen molar-refractivity contribution in [3.63, 3.8) is 0 Å². The predicted molar refractivity (Wildman–Crippen MR) is 55.3 cm³/mol. The number of benzene rings is 1. The van der Waals surface area contributed by atoms with Crippen LogP contribution in [0.2, 0.25) is 0 Å². The number of carbonyl (C=O) groups excluding carboxylic acids is 1. The molecule has 16 heavy (non-hydrogen) atoms. The molecular formula is C11H10N2O3. The Balaban J connectivity index is 1.94. The maximum absolute atomic E-state index is 11.5. The summed E-state index contributed by atoms with van der Waals surface area (Å²) in [6.07, 6.45) is 0. The van der Waals surface area contributed by atoms with Gasteiger partial charge in [-0.1, -0.05) is 18.2 Å². The first-order valence-electron chi connectivity index (χ1n) is 4.77. The Bertz CT molecular complexity index is 479. The Hall–Kier alpha value is -2.17. The summed E-state index contributed by atoms with van der Waals surface area (Å²) in [4.78, 5) is 11.5. The lowest BCUT2D eigenvalue weighted by atomic mass is 10.3. The Kier molecular flexibility index (Phi) is 2.95. The van der Waals surface area contributed by atoms with Gasteiger partial charge in [0.2, 0.25) is 5.89 Å². The molecule has 1 aromatic heterocycles. The Morgan fingerprint density at radius 3 is 2.69 bits per heavy atom. The fourth-order valence-electron chi connectivity index (χ4n) is 1.14. The number of hydrogen-bond acceptors (Lipinski definition) is 5. The second-order valence-electron chi connectivity index (χ2n) is 3.15. The summed E-state index contributed by atoms with van der Waals surface area (Å²) in [5.74, 6) is 0.646. The number of carbonyl (C=O) groups is 1. The lowest BCUT2D eigenvalue weighted by molar-refractivity contribution is 0.0885. The molecule has 0 radical (unpaired) electrons. The van der Waals surface area contributed by atoms with Crippen molar-refractivity contribution in [2.45, 2.75) is 6.92 Å². The number of nitrogens with zero attached hydrogens (tertiary/aromatic N) is 2. The summed E-state index contributed by atoms with van der Waals surface area (Å²) in [5, 5.41) is 7.18. The highest BCUT2D eigenvalue weighted by atomic mass is 16.5. The van der Waals surface area contributed by atoms with E-state index in [9.17, 15) is 4.79 Å². The van der Waals surface area contributed by atoms with Crippen molar-refractivity contribution in [1.82, 2.24) is 10.2 Å². The number of aryl methyl sites for hydroxylation is 1. The van der Waals surface area contributed by atoms with Crippen molar-refractivity contribution in [1.29, 1.82) is 0 Å². The Labute approximate surface area is 92.1 Å². The molecule has 0 amide bonds. The molecule has 0 aliphatic heterocycles. The molecule has 0 bridgehead atoms. The highest BCUT2D eigenvalue weighted by molar-refractivity contribution is 5.92. The van der Waals surface area contributed by atoms with E-state index in [0.29, 0.717) is 11.6 Å². The minimum atomic E-state index is -0.329. The van der Waals surface area contributed by atoms with Crippen molar-refractivity contribution in [2.24, 2.45) is 0 Å². The summed E-state index contributed by atoms with van der Waals surface area (Å²) < 4.78 is 10.2. The maximum atomic E-state index is 11.5. The number of Topliss-reactive ketones (excluding diaryl/α,β-unsaturated/α-hetero) is 1. The van der Waals surface area contributed by atoms with Gasteiger partial charge < -0.3 is 9.15 Å². The van der Waals surface area contributed by atoms with Crippen LogP contribution < -0.4 is 4.74 Å². The average Bonchev–Trinajstić information content (AvgIpc) is 2.74. The normalized spacial score (nSPS) is 10.1. The molecule has 1 heterocycles. The fraction of sp³-hybridized carbons (Fsp3) is 0.182. The third-order valence-corrected chi connectivity index (χ3v) is 1.88. The first kappa shape index (κ1) is 10.4. The van der Waals surface area contributed by atoms with Crippen LogP contribution in [0.25, 0.3) is 0 Å². The number of rotatable bonds is 4. The van der Waals surface area contributed by atoms with E-state index in [1.807, 2.05) is 18.2 Å². The summed E-state index contributed by atoms with van der Waals surface area (Å²) >= 11 is 0. The van der Waals surface area contributed by atoms with Crippen LogP contribution in [0.1, 0.15) is 16.6 Å². The molecule has 0 aliphatic rings. The van der Waals surface area contributed by atoms with Gasteiger partial charge in [-0.3, -0.25) is 4.79 Å². The van der Waals surface area contributed by atoms with E-state index in [1.54, 1.807) is 19.1 Å². The molecule has 2 aromatic rings. The van der Waals surface area contributed by atoms with Crippen molar-refractivity contribution < 1.29 is 13.9 Å². The largest absolute Gasteiger partial charge is 0.485 e. The molecule has 0 saturated carbocycles. The lowest BCUT2D eigenvalue weighted by Gasteiger charge is -2.02. The number of hydrogen-bond donors (Lipinski definition) is 0. The number of ether oxygens (including phenoxy) is 1. The van der Waals surface area contributed by atoms with Crippen LogP contribution >= 0.6 is 0 Å². The first-order chi connectivity index (χ1) is 7.75. The van der Waals surface area contributed by atoms with Gasteiger partial charge in [0.25, 0.3) is 11.7 Å². The second-order valence-corrected chi connectivity index (χ2v) is 3.15. The van der Waals surface area contributed by atoms with Gasteiger partial charge in [-0.15, -0.1) is 10.2 Å². The van der Waals surface area contributed by atoms with E-state index in [-0.39, 0.29) is 18.3 Å². The maximum Gasteiger partial charge on any atom is 0.287 e. The topological polar surface area (TPSA) is 65.2 Å². The van der Waals surface area contributed by atoms with Gasteiger partial charge in [0.1, 0.15) is 5.75 Å². The van der Waals surface area contributed by atoms with Crippen LogP contribution in [-0.4, -0.2) is 22.6 Å². The molecule has 0 spiro atoms. The average molecular weight is 218 g/mol. The Morgan fingerprint density at radius 2 is 2.06 bits per heavy atom. The summed E-state index contributed by atoms with van der Waals surface area (Å²) in [5.41, 5.74) is 0. The molecule has 0 fully saturated rings. The van der Waals surface area contributed by atoms with Gasteiger partial charge in [0, 0.05) is 6.92 Å². The van der Waals surface area contributed by atoms with E-state index in [2.05, 4.69) is 10.2 Å². The van der Waals surface area contributed by atoms with Crippen LogP contribution in [0.5, 0.6) is 5.75 Å². The van der Waals surface area contributed by atoms with Gasteiger partial charge in [0.05, 0.1) is 0 Å². The first-order valence-corrected chi connectivity index (χ1v) is 4.77. The number of para-hydroxylation sites is 1. The fourth-order valence-corrected chi connectivity index (χ4v) is 1.14.